The molecule has 0 spiro atoms. The van der Waals surface area contributed by atoms with E-state index in [0.29, 0.717) is 12.0 Å². The van der Waals surface area contributed by atoms with Crippen molar-refractivity contribution in [3.8, 4) is 11.5 Å². The Morgan fingerprint density at radius 1 is 1.36 bits per heavy atom. The van der Waals surface area contributed by atoms with E-state index < -0.39 is 0 Å². The molecule has 0 radical (unpaired) electrons. The topological polar surface area (TPSA) is 40.5 Å². The lowest BCUT2D eigenvalue weighted by Gasteiger charge is -2.50. The number of likely N-dealkylation sites (tertiary alicyclic amines) is 1. The Hall–Kier alpha value is -1.70. The van der Waals surface area contributed by atoms with E-state index in [9.17, 15) is 10.2 Å². The number of phenols is 2. The summed E-state index contributed by atoms with van der Waals surface area (Å²) in [5, 5.41) is 19.9. The van der Waals surface area contributed by atoms with Gasteiger partial charge in [0.15, 0.2) is 11.5 Å². The lowest BCUT2D eigenvalue weighted by atomic mass is 9.73. The molecule has 0 saturated carbocycles. The quantitative estimate of drug-likeness (QED) is 0.511. The SMILES string of the molecule is C=C=CCC[N+]1(C)CCCC2Cc3c(ccc(O)c3O)CC21. The number of hydrogen-bond donors (Lipinski definition) is 2. The van der Waals surface area contributed by atoms with Gasteiger partial charge < -0.3 is 14.7 Å². The zero-order valence-corrected chi connectivity index (χ0v) is 13.4. The summed E-state index contributed by atoms with van der Waals surface area (Å²) in [6.07, 6.45) is 7.42. The Morgan fingerprint density at radius 2 is 2.18 bits per heavy atom. The molecule has 1 aromatic carbocycles. The second kappa shape index (κ2) is 5.83. The van der Waals surface area contributed by atoms with Gasteiger partial charge in [0.25, 0.3) is 0 Å². The lowest BCUT2D eigenvalue weighted by molar-refractivity contribution is -0.942. The van der Waals surface area contributed by atoms with Crippen molar-refractivity contribution in [3.05, 3.63) is 41.6 Å². The molecule has 0 aromatic heterocycles. The number of benzene rings is 1. The summed E-state index contributed by atoms with van der Waals surface area (Å²) in [6.45, 7) is 6.01. The van der Waals surface area contributed by atoms with Crippen LogP contribution in [0.15, 0.2) is 30.5 Å². The fourth-order valence-electron chi connectivity index (χ4n) is 4.52. The number of nitrogens with zero attached hydrogens (tertiary/aromatic N) is 1. The zero-order valence-electron chi connectivity index (χ0n) is 13.4. The average Bonchev–Trinajstić information content (AvgIpc) is 2.51. The maximum absolute atomic E-state index is 10.2. The first-order chi connectivity index (χ1) is 10.5. The molecule has 1 aliphatic carbocycles. The van der Waals surface area contributed by atoms with Gasteiger partial charge in [-0.3, -0.25) is 0 Å². The first-order valence-corrected chi connectivity index (χ1v) is 8.26. The molecular weight excluding hydrogens is 274 g/mol. The van der Waals surface area contributed by atoms with Gasteiger partial charge in [0.05, 0.1) is 26.2 Å². The van der Waals surface area contributed by atoms with Gasteiger partial charge in [0, 0.05) is 24.3 Å². The molecule has 3 nitrogen and oxygen atoms in total. The van der Waals surface area contributed by atoms with E-state index in [1.165, 1.54) is 24.9 Å². The molecule has 1 aliphatic heterocycles. The van der Waals surface area contributed by atoms with Crippen molar-refractivity contribution in [1.29, 1.82) is 0 Å². The number of rotatable bonds is 3. The molecule has 2 aliphatic rings. The highest BCUT2D eigenvalue weighted by Gasteiger charge is 2.44. The van der Waals surface area contributed by atoms with Crippen molar-refractivity contribution in [2.75, 3.05) is 20.1 Å². The van der Waals surface area contributed by atoms with Gasteiger partial charge >= 0.3 is 0 Å². The number of piperidine rings is 1. The summed E-state index contributed by atoms with van der Waals surface area (Å²) in [5.74, 6) is 0.721. The highest BCUT2D eigenvalue weighted by atomic mass is 16.3. The zero-order chi connectivity index (χ0) is 15.7. The van der Waals surface area contributed by atoms with Gasteiger partial charge in [0.2, 0.25) is 0 Å². The second-order valence-electron chi connectivity index (χ2n) is 7.07. The Bertz CT molecular complexity index is 618. The monoisotopic (exact) mass is 300 g/mol. The van der Waals surface area contributed by atoms with Crippen LogP contribution in [0.4, 0.5) is 0 Å². The first-order valence-electron chi connectivity index (χ1n) is 8.26. The van der Waals surface area contributed by atoms with Crippen LogP contribution in [0.3, 0.4) is 0 Å². The Morgan fingerprint density at radius 3 is 2.95 bits per heavy atom. The van der Waals surface area contributed by atoms with E-state index in [-0.39, 0.29) is 11.5 Å². The second-order valence-corrected chi connectivity index (χ2v) is 7.07. The van der Waals surface area contributed by atoms with Crippen LogP contribution >= 0.6 is 0 Å². The lowest BCUT2D eigenvalue weighted by Crippen LogP contribution is -2.61. The predicted molar refractivity (Wildman–Crippen MR) is 87.9 cm³/mol. The maximum atomic E-state index is 10.2. The fraction of sp³-hybridized carbons (Fsp3) is 0.526. The number of likely N-dealkylation sites (N-methyl/N-ethyl adjacent to an activating group) is 1. The van der Waals surface area contributed by atoms with Crippen LogP contribution in [0.1, 0.15) is 30.4 Å². The van der Waals surface area contributed by atoms with E-state index in [4.69, 9.17) is 0 Å². The minimum absolute atomic E-state index is 0.0152. The van der Waals surface area contributed by atoms with Gasteiger partial charge in [-0.05, 0) is 37.0 Å². The van der Waals surface area contributed by atoms with Crippen molar-refractivity contribution in [3.63, 3.8) is 0 Å². The van der Waals surface area contributed by atoms with Crippen LogP contribution in [0.2, 0.25) is 0 Å². The summed E-state index contributed by atoms with van der Waals surface area (Å²) >= 11 is 0. The third-order valence-electron chi connectivity index (χ3n) is 5.77. The van der Waals surface area contributed by atoms with Crippen LogP contribution < -0.4 is 0 Å². The summed E-state index contributed by atoms with van der Waals surface area (Å²) in [5.41, 5.74) is 5.06. The van der Waals surface area contributed by atoms with E-state index in [0.717, 1.165) is 35.9 Å². The highest BCUT2D eigenvalue weighted by Crippen LogP contribution is 2.43. The van der Waals surface area contributed by atoms with Crippen molar-refractivity contribution in [2.45, 2.75) is 38.1 Å². The van der Waals surface area contributed by atoms with Crippen molar-refractivity contribution >= 4 is 0 Å². The number of aromatic hydroxyl groups is 2. The standard InChI is InChI=1S/C19H25NO2/c1-3-4-5-10-20(2)11-6-7-15-12-16-14(13-17(15)20)8-9-18(21)19(16)22/h4,8-9,15,17H,1,5-7,10-13H2,2H3,(H-,21,22)/p+1. The molecule has 3 unspecified atom stereocenters. The molecule has 3 heteroatoms. The minimum Gasteiger partial charge on any atom is -0.504 e. The molecule has 1 heterocycles. The molecule has 1 saturated heterocycles. The summed E-state index contributed by atoms with van der Waals surface area (Å²) < 4.78 is 1.10. The Labute approximate surface area is 132 Å². The minimum atomic E-state index is 0.0152. The number of phenolic OH excluding ortho intramolecular Hbond substituents is 2. The molecule has 3 atom stereocenters. The number of fused-ring (bicyclic) bond motifs is 2. The predicted octanol–water partition coefficient (Wildman–Crippen LogP) is 3.15. The molecule has 1 fully saturated rings. The van der Waals surface area contributed by atoms with E-state index in [1.54, 1.807) is 6.07 Å². The van der Waals surface area contributed by atoms with Crippen LogP contribution in [0, 0.1) is 5.92 Å². The van der Waals surface area contributed by atoms with E-state index in [1.807, 2.05) is 12.1 Å². The van der Waals surface area contributed by atoms with Gasteiger partial charge in [0.1, 0.15) is 0 Å². The maximum Gasteiger partial charge on any atom is 0.160 e. The smallest absolute Gasteiger partial charge is 0.160 e. The van der Waals surface area contributed by atoms with Gasteiger partial charge in [-0.1, -0.05) is 12.6 Å². The van der Waals surface area contributed by atoms with Crippen LogP contribution in [0.25, 0.3) is 0 Å². The van der Waals surface area contributed by atoms with E-state index in [2.05, 4.69) is 19.4 Å². The van der Waals surface area contributed by atoms with Crippen LogP contribution in [-0.4, -0.2) is 40.9 Å². The fourth-order valence-corrected chi connectivity index (χ4v) is 4.52. The van der Waals surface area contributed by atoms with Crippen molar-refractivity contribution in [1.82, 2.24) is 0 Å². The summed E-state index contributed by atoms with van der Waals surface area (Å²) in [4.78, 5) is 0. The average molecular weight is 300 g/mol. The molecule has 0 amide bonds. The third kappa shape index (κ3) is 2.55. The molecule has 1 aromatic rings. The third-order valence-corrected chi connectivity index (χ3v) is 5.77. The normalized spacial score (nSPS) is 30.0. The van der Waals surface area contributed by atoms with Gasteiger partial charge in [-0.2, -0.15) is 0 Å². The molecule has 0 bridgehead atoms. The van der Waals surface area contributed by atoms with Crippen molar-refractivity contribution in [2.24, 2.45) is 5.92 Å². The van der Waals surface area contributed by atoms with Crippen LogP contribution in [-0.2, 0) is 12.8 Å². The summed E-state index contributed by atoms with van der Waals surface area (Å²) in [6, 6.07) is 4.23. The van der Waals surface area contributed by atoms with Gasteiger partial charge in [-0.15, -0.1) is 5.73 Å². The molecular formula is C19H26NO2+. The molecule has 3 rings (SSSR count). The molecule has 2 N–H and O–H groups in total. The van der Waals surface area contributed by atoms with Crippen LogP contribution in [0.5, 0.6) is 11.5 Å². The molecule has 22 heavy (non-hydrogen) atoms. The highest BCUT2D eigenvalue weighted by molar-refractivity contribution is 5.50. The largest absolute Gasteiger partial charge is 0.504 e. The Balaban J connectivity index is 1.89. The number of hydrogen-bond acceptors (Lipinski definition) is 2. The van der Waals surface area contributed by atoms with Gasteiger partial charge in [-0.25, -0.2) is 0 Å². The number of quaternary nitrogens is 1. The summed E-state index contributed by atoms with van der Waals surface area (Å²) in [7, 11) is 2.37. The van der Waals surface area contributed by atoms with Crippen molar-refractivity contribution < 1.29 is 14.7 Å². The Kier molecular flexibility index (Phi) is 4.03. The van der Waals surface area contributed by atoms with E-state index >= 15 is 0 Å². The first kappa shape index (κ1) is 15.2. The molecule has 118 valence electrons.